The van der Waals surface area contributed by atoms with Crippen LogP contribution in [0.5, 0.6) is 11.6 Å². The van der Waals surface area contributed by atoms with Gasteiger partial charge in [-0.05, 0) is 24.3 Å². The van der Waals surface area contributed by atoms with Crippen molar-refractivity contribution in [2.75, 3.05) is 0 Å². The summed E-state index contributed by atoms with van der Waals surface area (Å²) in [6.45, 7) is 0. The van der Waals surface area contributed by atoms with E-state index in [-0.39, 0.29) is 17.5 Å². The van der Waals surface area contributed by atoms with Gasteiger partial charge in [-0.25, -0.2) is 4.98 Å². The van der Waals surface area contributed by atoms with Crippen molar-refractivity contribution in [1.29, 1.82) is 5.41 Å². The number of benzene rings is 1. The SMILES string of the molecule is N=C(N)c1ccc(Oc2cccc(C(F)(F)F)c2)nc1. The lowest BCUT2D eigenvalue weighted by molar-refractivity contribution is -0.137. The van der Waals surface area contributed by atoms with Crippen LogP contribution in [0.1, 0.15) is 11.1 Å². The van der Waals surface area contributed by atoms with Crippen LogP contribution in [0.2, 0.25) is 0 Å². The number of nitrogen functional groups attached to an aromatic ring is 1. The first kappa shape index (κ1) is 13.9. The number of alkyl halides is 3. The molecular weight excluding hydrogens is 271 g/mol. The fourth-order valence-electron chi connectivity index (χ4n) is 1.46. The molecule has 0 spiro atoms. The molecule has 0 fully saturated rings. The number of aromatic nitrogens is 1. The third kappa shape index (κ3) is 3.25. The molecule has 0 saturated carbocycles. The van der Waals surface area contributed by atoms with E-state index in [1.54, 1.807) is 0 Å². The molecular formula is C13H10F3N3O. The minimum Gasteiger partial charge on any atom is -0.439 e. The molecule has 0 atom stereocenters. The monoisotopic (exact) mass is 281 g/mol. The Morgan fingerprint density at radius 3 is 2.50 bits per heavy atom. The Hall–Kier alpha value is -2.57. The Morgan fingerprint density at radius 2 is 1.95 bits per heavy atom. The molecule has 1 aromatic heterocycles. The van der Waals surface area contributed by atoms with Gasteiger partial charge in [-0.15, -0.1) is 0 Å². The maximum absolute atomic E-state index is 12.5. The van der Waals surface area contributed by atoms with E-state index in [0.717, 1.165) is 12.1 Å². The number of hydrogen-bond acceptors (Lipinski definition) is 3. The van der Waals surface area contributed by atoms with Gasteiger partial charge in [0.2, 0.25) is 5.88 Å². The number of halogens is 3. The molecule has 0 aliphatic rings. The van der Waals surface area contributed by atoms with Gasteiger partial charge in [0.1, 0.15) is 11.6 Å². The highest BCUT2D eigenvalue weighted by molar-refractivity contribution is 5.94. The average molecular weight is 281 g/mol. The minimum atomic E-state index is -4.43. The predicted octanol–water partition coefficient (Wildman–Crippen LogP) is 3.18. The molecule has 20 heavy (non-hydrogen) atoms. The van der Waals surface area contributed by atoms with E-state index in [0.29, 0.717) is 5.56 Å². The fourth-order valence-corrected chi connectivity index (χ4v) is 1.46. The summed E-state index contributed by atoms with van der Waals surface area (Å²) < 4.78 is 42.8. The van der Waals surface area contributed by atoms with Crippen molar-refractivity contribution in [3.63, 3.8) is 0 Å². The molecule has 0 saturated heterocycles. The van der Waals surface area contributed by atoms with E-state index in [4.69, 9.17) is 15.9 Å². The number of amidine groups is 1. The molecule has 0 bridgehead atoms. The number of ether oxygens (including phenoxy) is 1. The number of nitrogens with two attached hydrogens (primary N) is 1. The molecule has 0 unspecified atom stereocenters. The Balaban J connectivity index is 2.20. The first-order chi connectivity index (χ1) is 9.36. The van der Waals surface area contributed by atoms with Gasteiger partial charge in [0.15, 0.2) is 0 Å². The van der Waals surface area contributed by atoms with Gasteiger partial charge in [0.05, 0.1) is 5.56 Å². The van der Waals surface area contributed by atoms with E-state index in [9.17, 15) is 13.2 Å². The van der Waals surface area contributed by atoms with Crippen LogP contribution in [0, 0.1) is 5.41 Å². The molecule has 0 radical (unpaired) electrons. The third-order valence-electron chi connectivity index (χ3n) is 2.43. The quantitative estimate of drug-likeness (QED) is 0.670. The first-order valence-corrected chi connectivity index (χ1v) is 5.52. The van der Waals surface area contributed by atoms with Gasteiger partial charge in [-0.3, -0.25) is 5.41 Å². The number of rotatable bonds is 3. The topological polar surface area (TPSA) is 72.0 Å². The van der Waals surface area contributed by atoms with Crippen molar-refractivity contribution in [3.8, 4) is 11.6 Å². The molecule has 1 heterocycles. The van der Waals surface area contributed by atoms with Gasteiger partial charge in [-0.2, -0.15) is 13.2 Å². The summed E-state index contributed by atoms with van der Waals surface area (Å²) >= 11 is 0. The molecule has 104 valence electrons. The second-order valence-electron chi connectivity index (χ2n) is 3.93. The Morgan fingerprint density at radius 1 is 1.20 bits per heavy atom. The summed E-state index contributed by atoms with van der Waals surface area (Å²) in [7, 11) is 0. The van der Waals surface area contributed by atoms with E-state index >= 15 is 0 Å². The fraction of sp³-hybridized carbons (Fsp3) is 0.0769. The molecule has 2 aromatic rings. The van der Waals surface area contributed by atoms with E-state index < -0.39 is 11.7 Å². The Labute approximate surface area is 112 Å². The van der Waals surface area contributed by atoms with Crippen molar-refractivity contribution in [1.82, 2.24) is 4.98 Å². The zero-order chi connectivity index (χ0) is 14.8. The van der Waals surface area contributed by atoms with Crippen molar-refractivity contribution in [2.24, 2.45) is 5.73 Å². The van der Waals surface area contributed by atoms with E-state index in [1.165, 1.54) is 30.5 Å². The highest BCUT2D eigenvalue weighted by atomic mass is 19.4. The second-order valence-corrected chi connectivity index (χ2v) is 3.93. The lowest BCUT2D eigenvalue weighted by atomic mass is 10.2. The van der Waals surface area contributed by atoms with Crippen LogP contribution in [-0.4, -0.2) is 10.8 Å². The van der Waals surface area contributed by atoms with Gasteiger partial charge in [0, 0.05) is 17.8 Å². The Bertz CT molecular complexity index is 624. The zero-order valence-electron chi connectivity index (χ0n) is 10.1. The van der Waals surface area contributed by atoms with E-state index in [2.05, 4.69) is 4.98 Å². The van der Waals surface area contributed by atoms with Crippen LogP contribution in [0.15, 0.2) is 42.6 Å². The van der Waals surface area contributed by atoms with E-state index in [1.807, 2.05) is 0 Å². The van der Waals surface area contributed by atoms with Crippen molar-refractivity contribution < 1.29 is 17.9 Å². The molecule has 2 rings (SSSR count). The van der Waals surface area contributed by atoms with Crippen LogP contribution in [0.3, 0.4) is 0 Å². The molecule has 0 aliphatic carbocycles. The summed E-state index contributed by atoms with van der Waals surface area (Å²) in [6.07, 6.45) is -3.11. The summed E-state index contributed by atoms with van der Waals surface area (Å²) in [5.74, 6) is 0.000318. The highest BCUT2D eigenvalue weighted by Gasteiger charge is 2.30. The van der Waals surface area contributed by atoms with Gasteiger partial charge < -0.3 is 10.5 Å². The summed E-state index contributed by atoms with van der Waals surface area (Å²) in [4.78, 5) is 3.86. The normalized spacial score (nSPS) is 11.2. The average Bonchev–Trinajstić information content (AvgIpc) is 2.38. The lowest BCUT2D eigenvalue weighted by Gasteiger charge is -2.09. The van der Waals surface area contributed by atoms with Crippen LogP contribution in [0.4, 0.5) is 13.2 Å². The minimum absolute atomic E-state index is 0.0305. The lowest BCUT2D eigenvalue weighted by Crippen LogP contribution is -2.11. The molecule has 1 aromatic carbocycles. The molecule has 0 aliphatic heterocycles. The van der Waals surface area contributed by atoms with Crippen LogP contribution in [-0.2, 0) is 6.18 Å². The number of nitrogens with zero attached hydrogens (tertiary/aromatic N) is 1. The Kier molecular flexibility index (Phi) is 3.60. The standard InChI is InChI=1S/C13H10F3N3O/c14-13(15,16)9-2-1-3-10(6-9)20-11-5-4-8(7-19-11)12(17)18/h1-7H,(H3,17,18). The van der Waals surface area contributed by atoms with Crippen LogP contribution < -0.4 is 10.5 Å². The molecule has 7 heteroatoms. The molecule has 0 amide bonds. The first-order valence-electron chi connectivity index (χ1n) is 5.52. The largest absolute Gasteiger partial charge is 0.439 e. The molecule has 4 nitrogen and oxygen atoms in total. The second kappa shape index (κ2) is 5.20. The summed E-state index contributed by atoms with van der Waals surface area (Å²) in [5, 5.41) is 7.20. The van der Waals surface area contributed by atoms with Crippen LogP contribution >= 0.6 is 0 Å². The number of pyridine rings is 1. The third-order valence-corrected chi connectivity index (χ3v) is 2.43. The summed E-state index contributed by atoms with van der Waals surface area (Å²) in [6, 6.07) is 7.42. The summed E-state index contributed by atoms with van der Waals surface area (Å²) in [5.41, 5.74) is 4.87. The van der Waals surface area contributed by atoms with Crippen molar-refractivity contribution in [3.05, 3.63) is 53.7 Å². The van der Waals surface area contributed by atoms with Crippen molar-refractivity contribution in [2.45, 2.75) is 6.18 Å². The smallest absolute Gasteiger partial charge is 0.416 e. The van der Waals surface area contributed by atoms with Gasteiger partial charge >= 0.3 is 6.18 Å². The highest BCUT2D eigenvalue weighted by Crippen LogP contribution is 2.32. The number of hydrogen-bond donors (Lipinski definition) is 2. The zero-order valence-corrected chi connectivity index (χ0v) is 10.1. The van der Waals surface area contributed by atoms with Crippen LogP contribution in [0.25, 0.3) is 0 Å². The van der Waals surface area contributed by atoms with Crippen molar-refractivity contribution >= 4 is 5.84 Å². The number of nitrogens with one attached hydrogen (secondary N) is 1. The predicted molar refractivity (Wildman–Crippen MR) is 66.8 cm³/mol. The van der Waals surface area contributed by atoms with Gasteiger partial charge in [-0.1, -0.05) is 6.07 Å². The van der Waals surface area contributed by atoms with Gasteiger partial charge in [0.25, 0.3) is 0 Å². The maximum Gasteiger partial charge on any atom is 0.416 e. The maximum atomic E-state index is 12.5. The molecule has 3 N–H and O–H groups in total.